The van der Waals surface area contributed by atoms with Crippen molar-refractivity contribution in [3.05, 3.63) is 66.9 Å². The van der Waals surface area contributed by atoms with Crippen molar-refractivity contribution < 1.29 is 4.42 Å². The summed E-state index contributed by atoms with van der Waals surface area (Å²) in [6.45, 7) is 0. The van der Waals surface area contributed by atoms with Crippen molar-refractivity contribution in [2.75, 3.05) is 0 Å². The first-order chi connectivity index (χ1) is 12.8. The highest BCUT2D eigenvalue weighted by Crippen LogP contribution is 2.44. The minimum absolute atomic E-state index is 0.963. The van der Waals surface area contributed by atoms with Crippen LogP contribution in [0.1, 0.15) is 0 Å². The Kier molecular flexibility index (Phi) is 2.24. The number of aromatic nitrogens is 2. The van der Waals surface area contributed by atoms with Gasteiger partial charge >= 0.3 is 0 Å². The summed E-state index contributed by atoms with van der Waals surface area (Å²) in [7, 11) is 0. The maximum atomic E-state index is 5.89. The molecule has 122 valence electrons. The molecule has 0 atom stereocenters. The van der Waals surface area contributed by atoms with Gasteiger partial charge in [-0.15, -0.1) is 0 Å². The fourth-order valence-corrected chi connectivity index (χ4v) is 5.48. The molecule has 0 aliphatic carbocycles. The molecule has 4 aromatic heterocycles. The Morgan fingerprint density at radius 3 is 2.42 bits per heavy atom. The van der Waals surface area contributed by atoms with Gasteiger partial charge in [0.05, 0.1) is 56.7 Å². The van der Waals surface area contributed by atoms with Crippen LogP contribution >= 0.6 is 22.9 Å². The summed E-state index contributed by atoms with van der Waals surface area (Å²) in [6.07, 6.45) is 1.79. The Morgan fingerprint density at radius 2 is 1.46 bits per heavy atom. The zero-order valence-corrected chi connectivity index (χ0v) is 15.7. The second-order valence-electron chi connectivity index (χ2n) is 6.82. The highest BCUT2D eigenvalue weighted by molar-refractivity contribution is 14.1. The predicted molar refractivity (Wildman–Crippen MR) is 116 cm³/mol. The lowest BCUT2D eigenvalue weighted by atomic mass is 10.0. The lowest BCUT2D eigenvalue weighted by molar-refractivity contribution is 0.619. The largest absolute Gasteiger partial charge is 0.462 e. The van der Waals surface area contributed by atoms with Crippen LogP contribution in [0, 0.1) is 0 Å². The number of fused-ring (bicyclic) bond motifs is 6. The molecule has 7 aromatic rings. The SMILES string of the molecule is In1c2cccc3c4ccccc4n4c5ccoc5c5ccc1c(c32)c54. The molecule has 0 saturated heterocycles. The molecule has 0 bridgehead atoms. The summed E-state index contributed by atoms with van der Waals surface area (Å²) >= 11 is 2.42. The Labute approximate surface area is 161 Å². The minimum Gasteiger partial charge on any atom is -0.462 e. The fraction of sp³-hybridized carbons (Fsp3) is 0. The van der Waals surface area contributed by atoms with Crippen LogP contribution in [0.4, 0.5) is 0 Å². The van der Waals surface area contributed by atoms with Gasteiger partial charge in [0.25, 0.3) is 0 Å². The maximum Gasteiger partial charge on any atom is 0.159 e. The topological polar surface area (TPSA) is 22.5 Å². The average molecular weight is 446 g/mol. The van der Waals surface area contributed by atoms with E-state index in [2.05, 4.69) is 90.7 Å². The normalized spacial score (nSPS) is 12.8. The number of halogens is 1. The number of hydrogen-bond acceptors (Lipinski definition) is 1. The molecule has 0 fully saturated rings. The van der Waals surface area contributed by atoms with Crippen molar-refractivity contribution in [1.82, 2.24) is 7.18 Å². The molecule has 7 rings (SSSR count). The second-order valence-corrected chi connectivity index (χ2v) is 7.79. The smallest absolute Gasteiger partial charge is 0.159 e. The van der Waals surface area contributed by atoms with E-state index in [1.165, 1.54) is 49.0 Å². The van der Waals surface area contributed by atoms with E-state index >= 15 is 0 Å². The number of para-hydroxylation sites is 1. The van der Waals surface area contributed by atoms with Gasteiger partial charge in [-0.05, 0) is 29.7 Å². The third-order valence-electron chi connectivity index (χ3n) is 5.66. The standard InChI is InChI=1S/C22H11IN2O/c23-25-16-7-3-5-13-12-4-1-2-6-15(12)24-18-10-11-26-22(18)14-8-9-17(25)20(19(13)16)21(14)24/h1-11H. The summed E-state index contributed by atoms with van der Waals surface area (Å²) in [4.78, 5) is 0. The Hall–Kier alpha value is -2.73. The molecule has 0 spiro atoms. The van der Waals surface area contributed by atoms with Gasteiger partial charge in [0.1, 0.15) is 0 Å². The van der Waals surface area contributed by atoms with Gasteiger partial charge < -0.3 is 8.82 Å². The van der Waals surface area contributed by atoms with Crippen molar-refractivity contribution in [1.29, 1.82) is 0 Å². The first-order valence-electron chi connectivity index (χ1n) is 8.58. The molecule has 0 aliphatic rings. The van der Waals surface area contributed by atoms with E-state index in [1.54, 1.807) is 6.26 Å². The van der Waals surface area contributed by atoms with Gasteiger partial charge in [-0.2, -0.15) is 0 Å². The number of hydrogen-bond donors (Lipinski definition) is 0. The van der Waals surface area contributed by atoms with E-state index in [1.807, 2.05) is 0 Å². The maximum absolute atomic E-state index is 5.89. The van der Waals surface area contributed by atoms with E-state index < -0.39 is 0 Å². The van der Waals surface area contributed by atoms with Gasteiger partial charge in [0, 0.05) is 27.6 Å². The molecular formula is C22H11IN2O. The van der Waals surface area contributed by atoms with E-state index in [-0.39, 0.29) is 0 Å². The van der Waals surface area contributed by atoms with Gasteiger partial charge in [0.2, 0.25) is 0 Å². The van der Waals surface area contributed by atoms with Crippen LogP contribution in [-0.4, -0.2) is 7.18 Å². The molecule has 3 aromatic carbocycles. The molecule has 4 heterocycles. The van der Waals surface area contributed by atoms with Crippen LogP contribution in [0.15, 0.2) is 71.3 Å². The lowest BCUT2D eigenvalue weighted by Gasteiger charge is -2.02. The first kappa shape index (κ1) is 13.5. The summed E-state index contributed by atoms with van der Waals surface area (Å²) in [5.74, 6) is 0. The number of rotatable bonds is 0. The second kappa shape index (κ2) is 4.32. The van der Waals surface area contributed by atoms with Crippen LogP contribution in [0.3, 0.4) is 0 Å². The summed E-state index contributed by atoms with van der Waals surface area (Å²) in [5, 5.41) is 6.37. The monoisotopic (exact) mass is 446 g/mol. The number of nitrogens with zero attached hydrogens (tertiary/aromatic N) is 2. The van der Waals surface area contributed by atoms with Crippen molar-refractivity contribution >= 4 is 83.0 Å². The quantitative estimate of drug-likeness (QED) is 0.237. The average Bonchev–Trinajstić information content (AvgIpc) is 3.31. The number of furan rings is 1. The molecule has 0 aliphatic heterocycles. The predicted octanol–water partition coefficient (Wildman–Crippen LogP) is 6.74. The van der Waals surface area contributed by atoms with Crippen molar-refractivity contribution in [2.45, 2.75) is 0 Å². The van der Waals surface area contributed by atoms with Gasteiger partial charge in [0.15, 0.2) is 5.58 Å². The van der Waals surface area contributed by atoms with Gasteiger partial charge in [-0.3, -0.25) is 2.78 Å². The van der Waals surface area contributed by atoms with Crippen LogP contribution in [0.25, 0.3) is 60.1 Å². The third-order valence-corrected chi connectivity index (χ3v) is 6.70. The molecule has 3 nitrogen and oxygen atoms in total. The van der Waals surface area contributed by atoms with Crippen molar-refractivity contribution in [2.24, 2.45) is 0 Å². The van der Waals surface area contributed by atoms with E-state index in [9.17, 15) is 0 Å². The molecular weight excluding hydrogens is 435 g/mol. The summed E-state index contributed by atoms with van der Waals surface area (Å²) in [5.41, 5.74) is 7.05. The molecule has 0 N–H and O–H groups in total. The highest BCUT2D eigenvalue weighted by Gasteiger charge is 2.22. The third kappa shape index (κ3) is 1.32. The zero-order valence-electron chi connectivity index (χ0n) is 13.5. The molecule has 0 amide bonds. The first-order valence-corrected chi connectivity index (χ1v) is 9.55. The molecule has 26 heavy (non-hydrogen) atoms. The minimum atomic E-state index is 0.963. The summed E-state index contributed by atoms with van der Waals surface area (Å²) in [6, 6.07) is 21.8. The fourth-order valence-electron chi connectivity index (χ4n) is 4.67. The van der Waals surface area contributed by atoms with Crippen LogP contribution in [0.2, 0.25) is 0 Å². The lowest BCUT2D eigenvalue weighted by Crippen LogP contribution is -1.85. The van der Waals surface area contributed by atoms with E-state index in [4.69, 9.17) is 4.42 Å². The van der Waals surface area contributed by atoms with Crippen LogP contribution in [-0.2, 0) is 0 Å². The Morgan fingerprint density at radius 1 is 0.654 bits per heavy atom. The summed E-state index contributed by atoms with van der Waals surface area (Å²) < 4.78 is 10.5. The Bertz CT molecular complexity index is 1650. The van der Waals surface area contributed by atoms with Crippen LogP contribution < -0.4 is 0 Å². The van der Waals surface area contributed by atoms with E-state index in [0.717, 1.165) is 11.1 Å². The molecule has 4 heteroatoms. The zero-order chi connectivity index (χ0) is 17.0. The van der Waals surface area contributed by atoms with Crippen molar-refractivity contribution in [3.63, 3.8) is 0 Å². The van der Waals surface area contributed by atoms with Gasteiger partial charge in [-0.25, -0.2) is 0 Å². The van der Waals surface area contributed by atoms with Crippen LogP contribution in [0.5, 0.6) is 0 Å². The Balaban J connectivity index is 2.09. The molecule has 0 radical (unpaired) electrons. The molecule has 0 unspecified atom stereocenters. The molecule has 0 saturated carbocycles. The van der Waals surface area contributed by atoms with Gasteiger partial charge in [-0.1, -0.05) is 30.3 Å². The highest BCUT2D eigenvalue weighted by atomic mass is 127. The van der Waals surface area contributed by atoms with Crippen molar-refractivity contribution in [3.8, 4) is 0 Å². The number of benzene rings is 3. The van der Waals surface area contributed by atoms with E-state index in [0.29, 0.717) is 0 Å².